The molecule has 2 fully saturated rings. The van der Waals surface area contributed by atoms with Gasteiger partial charge < -0.3 is 10.5 Å². The van der Waals surface area contributed by atoms with Crippen LogP contribution >= 0.6 is 0 Å². The van der Waals surface area contributed by atoms with E-state index in [0.29, 0.717) is 32.5 Å². The van der Waals surface area contributed by atoms with E-state index in [-0.39, 0.29) is 23.9 Å². The molecule has 0 radical (unpaired) electrons. The quantitative estimate of drug-likeness (QED) is 0.563. The Morgan fingerprint density at radius 3 is 2.36 bits per heavy atom. The van der Waals surface area contributed by atoms with E-state index in [1.165, 1.54) is 4.90 Å². The minimum atomic E-state index is -0.240. The highest BCUT2D eigenvalue weighted by molar-refractivity contribution is 5.98. The lowest BCUT2D eigenvalue weighted by atomic mass is 10.0. The van der Waals surface area contributed by atoms with E-state index >= 15 is 0 Å². The molecule has 14 heavy (non-hydrogen) atoms. The van der Waals surface area contributed by atoms with Gasteiger partial charge in [0.1, 0.15) is 0 Å². The second kappa shape index (κ2) is 3.67. The van der Waals surface area contributed by atoms with Crippen LogP contribution in [0.1, 0.15) is 19.3 Å². The number of nitrogens with zero attached hydrogens (tertiary/aromatic N) is 1. The molecule has 0 aromatic heterocycles. The second-order valence-electron chi connectivity index (χ2n) is 3.78. The Hall–Kier alpha value is -0.940. The van der Waals surface area contributed by atoms with E-state index in [4.69, 9.17) is 10.5 Å². The van der Waals surface area contributed by atoms with Crippen LogP contribution in [0.15, 0.2) is 0 Å². The Morgan fingerprint density at radius 1 is 1.21 bits per heavy atom. The maximum Gasteiger partial charge on any atom is 0.229 e. The van der Waals surface area contributed by atoms with Crippen molar-refractivity contribution >= 4 is 11.8 Å². The van der Waals surface area contributed by atoms with Crippen LogP contribution < -0.4 is 5.73 Å². The van der Waals surface area contributed by atoms with Gasteiger partial charge in [-0.25, -0.2) is 0 Å². The average molecular weight is 198 g/mol. The zero-order valence-electron chi connectivity index (χ0n) is 7.94. The van der Waals surface area contributed by atoms with E-state index in [1.807, 2.05) is 0 Å². The van der Waals surface area contributed by atoms with Crippen LogP contribution in [-0.2, 0) is 14.3 Å². The SMILES string of the molecule is NC1COCC1N1C(=O)CCCC1=O. The highest BCUT2D eigenvalue weighted by Gasteiger charge is 2.38. The van der Waals surface area contributed by atoms with Crippen molar-refractivity contribution < 1.29 is 14.3 Å². The summed E-state index contributed by atoms with van der Waals surface area (Å²) in [7, 11) is 0. The lowest BCUT2D eigenvalue weighted by molar-refractivity contribution is -0.151. The molecule has 78 valence electrons. The molecule has 2 atom stereocenters. The monoisotopic (exact) mass is 198 g/mol. The normalized spacial score (nSPS) is 33.9. The van der Waals surface area contributed by atoms with Gasteiger partial charge in [0, 0.05) is 12.8 Å². The molecule has 2 rings (SSSR count). The molecule has 2 aliphatic heterocycles. The number of hydrogen-bond acceptors (Lipinski definition) is 4. The summed E-state index contributed by atoms with van der Waals surface area (Å²) in [4.78, 5) is 24.4. The molecular weight excluding hydrogens is 184 g/mol. The molecule has 0 saturated carbocycles. The number of nitrogens with two attached hydrogens (primary N) is 1. The third-order valence-electron chi connectivity index (χ3n) is 2.74. The van der Waals surface area contributed by atoms with Gasteiger partial charge in [-0.3, -0.25) is 14.5 Å². The van der Waals surface area contributed by atoms with Crippen molar-refractivity contribution in [3.8, 4) is 0 Å². The van der Waals surface area contributed by atoms with Crippen molar-refractivity contribution in [3.63, 3.8) is 0 Å². The van der Waals surface area contributed by atoms with Crippen molar-refractivity contribution in [1.82, 2.24) is 4.90 Å². The molecule has 0 aromatic carbocycles. The van der Waals surface area contributed by atoms with E-state index in [0.717, 1.165) is 0 Å². The Labute approximate surface area is 82.2 Å². The van der Waals surface area contributed by atoms with Crippen LogP contribution in [0.3, 0.4) is 0 Å². The number of piperidine rings is 1. The first-order valence-electron chi connectivity index (χ1n) is 4.88. The molecular formula is C9H14N2O3. The van der Waals surface area contributed by atoms with Gasteiger partial charge in [-0.15, -0.1) is 0 Å². The summed E-state index contributed by atoms with van der Waals surface area (Å²) in [6.45, 7) is 0.820. The van der Waals surface area contributed by atoms with E-state index in [2.05, 4.69) is 0 Å². The molecule has 5 heteroatoms. The molecule has 2 heterocycles. The van der Waals surface area contributed by atoms with E-state index in [9.17, 15) is 9.59 Å². The summed E-state index contributed by atoms with van der Waals surface area (Å²) in [6.07, 6.45) is 1.57. The van der Waals surface area contributed by atoms with Crippen LogP contribution in [0.4, 0.5) is 0 Å². The van der Waals surface area contributed by atoms with Crippen LogP contribution in [-0.4, -0.2) is 42.0 Å². The fraction of sp³-hybridized carbons (Fsp3) is 0.778. The predicted molar refractivity (Wildman–Crippen MR) is 48.3 cm³/mol. The van der Waals surface area contributed by atoms with Gasteiger partial charge >= 0.3 is 0 Å². The van der Waals surface area contributed by atoms with Gasteiger partial charge in [0.15, 0.2) is 0 Å². The predicted octanol–water partition coefficient (Wildman–Crippen LogP) is -0.748. The average Bonchev–Trinajstić information content (AvgIpc) is 2.52. The third kappa shape index (κ3) is 1.53. The highest BCUT2D eigenvalue weighted by atomic mass is 16.5. The standard InChI is InChI=1S/C9H14N2O3/c10-6-4-14-5-7(6)11-8(12)2-1-3-9(11)13/h6-7H,1-5,10H2. The molecule has 0 aromatic rings. The first kappa shape index (κ1) is 9.61. The summed E-state index contributed by atoms with van der Waals surface area (Å²) in [5.41, 5.74) is 5.76. The van der Waals surface area contributed by atoms with E-state index < -0.39 is 0 Å². The number of ether oxygens (including phenoxy) is 1. The van der Waals surface area contributed by atoms with Gasteiger partial charge in [0.2, 0.25) is 11.8 Å². The molecule has 0 spiro atoms. The maximum absolute atomic E-state index is 11.5. The third-order valence-corrected chi connectivity index (χ3v) is 2.74. The van der Waals surface area contributed by atoms with Crippen molar-refractivity contribution in [1.29, 1.82) is 0 Å². The number of carbonyl (C=O) groups is 2. The molecule has 2 saturated heterocycles. The largest absolute Gasteiger partial charge is 0.378 e. The topological polar surface area (TPSA) is 72.6 Å². The fourth-order valence-electron chi connectivity index (χ4n) is 1.97. The zero-order chi connectivity index (χ0) is 10.1. The van der Waals surface area contributed by atoms with Gasteiger partial charge in [-0.2, -0.15) is 0 Å². The molecule has 5 nitrogen and oxygen atoms in total. The Morgan fingerprint density at radius 2 is 1.86 bits per heavy atom. The summed E-state index contributed by atoms with van der Waals surface area (Å²) < 4.78 is 5.15. The van der Waals surface area contributed by atoms with Gasteiger partial charge in [0.05, 0.1) is 25.3 Å². The number of likely N-dealkylation sites (tertiary alicyclic amines) is 1. The summed E-state index contributed by atoms with van der Waals surface area (Å²) in [6, 6.07) is -0.462. The smallest absolute Gasteiger partial charge is 0.229 e. The van der Waals surface area contributed by atoms with Crippen LogP contribution in [0.25, 0.3) is 0 Å². The Balaban J connectivity index is 2.13. The summed E-state index contributed by atoms with van der Waals surface area (Å²) in [5.74, 6) is -0.209. The van der Waals surface area contributed by atoms with Crippen molar-refractivity contribution in [2.45, 2.75) is 31.3 Å². The molecule has 2 N–H and O–H groups in total. The van der Waals surface area contributed by atoms with Crippen molar-refractivity contribution in [2.24, 2.45) is 5.73 Å². The van der Waals surface area contributed by atoms with Gasteiger partial charge in [-0.05, 0) is 6.42 Å². The van der Waals surface area contributed by atoms with Crippen LogP contribution in [0, 0.1) is 0 Å². The zero-order valence-corrected chi connectivity index (χ0v) is 7.94. The minimum absolute atomic E-state index is 0.104. The second-order valence-corrected chi connectivity index (χ2v) is 3.78. The Kier molecular flexibility index (Phi) is 2.52. The molecule has 2 unspecified atom stereocenters. The lowest BCUT2D eigenvalue weighted by Crippen LogP contribution is -2.54. The summed E-state index contributed by atoms with van der Waals surface area (Å²) in [5, 5.41) is 0. The lowest BCUT2D eigenvalue weighted by Gasteiger charge is -2.31. The summed E-state index contributed by atoms with van der Waals surface area (Å²) >= 11 is 0. The number of imide groups is 1. The molecule has 2 aliphatic rings. The molecule has 0 aliphatic carbocycles. The van der Waals surface area contributed by atoms with Gasteiger partial charge in [-0.1, -0.05) is 0 Å². The van der Waals surface area contributed by atoms with Crippen LogP contribution in [0.2, 0.25) is 0 Å². The van der Waals surface area contributed by atoms with Gasteiger partial charge in [0.25, 0.3) is 0 Å². The number of carbonyl (C=O) groups excluding carboxylic acids is 2. The number of rotatable bonds is 1. The fourth-order valence-corrected chi connectivity index (χ4v) is 1.97. The first-order valence-corrected chi connectivity index (χ1v) is 4.88. The molecule has 0 bridgehead atoms. The van der Waals surface area contributed by atoms with Crippen molar-refractivity contribution in [2.75, 3.05) is 13.2 Å². The van der Waals surface area contributed by atoms with Crippen LogP contribution in [0.5, 0.6) is 0 Å². The highest BCUT2D eigenvalue weighted by Crippen LogP contribution is 2.19. The number of amides is 2. The molecule has 2 amide bonds. The number of hydrogen-bond donors (Lipinski definition) is 1. The van der Waals surface area contributed by atoms with Crippen molar-refractivity contribution in [3.05, 3.63) is 0 Å². The first-order chi connectivity index (χ1) is 6.70. The Bertz CT molecular complexity index is 251. The van der Waals surface area contributed by atoms with E-state index in [1.54, 1.807) is 0 Å². The minimum Gasteiger partial charge on any atom is -0.378 e. The maximum atomic E-state index is 11.5.